The van der Waals surface area contributed by atoms with Crippen molar-refractivity contribution >= 4 is 11.9 Å². The van der Waals surface area contributed by atoms with Gasteiger partial charge in [0.25, 0.3) is 0 Å². The van der Waals surface area contributed by atoms with Gasteiger partial charge in [0.1, 0.15) is 0 Å². The summed E-state index contributed by atoms with van der Waals surface area (Å²) in [5, 5.41) is 23.2. The maximum atomic E-state index is 12.5. The summed E-state index contributed by atoms with van der Waals surface area (Å²) in [5.74, 6) is -0.0287. The average molecular weight is 1260 g/mol. The summed E-state index contributed by atoms with van der Waals surface area (Å²) in [6.07, 6.45) is 101. The average Bonchev–Trinajstić information content (AvgIpc) is 3.56. The summed E-state index contributed by atoms with van der Waals surface area (Å²) < 4.78 is 5.52. The second-order valence-corrected chi connectivity index (χ2v) is 28.8. The maximum absolute atomic E-state index is 12.5. The Morgan fingerprint density at radius 3 is 0.764 bits per heavy atom. The molecule has 2 atom stereocenters. The normalized spacial score (nSPS) is 12.4. The van der Waals surface area contributed by atoms with Crippen LogP contribution in [0.5, 0.6) is 0 Å². The molecule has 0 aromatic heterocycles. The third-order valence-corrected chi connectivity index (χ3v) is 19.8. The van der Waals surface area contributed by atoms with Gasteiger partial charge in [-0.15, -0.1) is 0 Å². The number of rotatable bonds is 79. The fourth-order valence-corrected chi connectivity index (χ4v) is 13.5. The molecular weight excluding hydrogens is 1090 g/mol. The molecule has 0 heterocycles. The van der Waals surface area contributed by atoms with Gasteiger partial charge >= 0.3 is 5.97 Å². The molecule has 3 N–H and O–H groups in total. The van der Waals surface area contributed by atoms with Gasteiger partial charge in [-0.05, 0) is 32.1 Å². The number of esters is 1. The van der Waals surface area contributed by atoms with Gasteiger partial charge in [0.15, 0.2) is 0 Å². The van der Waals surface area contributed by atoms with Gasteiger partial charge in [-0.1, -0.05) is 450 Å². The largest absolute Gasteiger partial charge is 0.466 e. The van der Waals surface area contributed by atoms with E-state index in [1.165, 1.54) is 417 Å². The predicted octanol–water partition coefficient (Wildman–Crippen LogP) is 27.4. The highest BCUT2D eigenvalue weighted by Gasteiger charge is 2.18. The highest BCUT2D eigenvalue weighted by molar-refractivity contribution is 5.76. The molecule has 0 fully saturated rings. The number of carbonyl (C=O) groups excluding carboxylic acids is 2. The van der Waals surface area contributed by atoms with E-state index in [0.717, 1.165) is 38.5 Å². The van der Waals surface area contributed by atoms with Gasteiger partial charge in [0, 0.05) is 12.8 Å². The van der Waals surface area contributed by atoms with Gasteiger partial charge in [-0.25, -0.2) is 0 Å². The minimum atomic E-state index is -0.839. The second-order valence-electron chi connectivity index (χ2n) is 28.8. The maximum Gasteiger partial charge on any atom is 0.305 e. The van der Waals surface area contributed by atoms with Crippen molar-refractivity contribution in [2.24, 2.45) is 0 Å². The highest BCUT2D eigenvalue weighted by Crippen LogP contribution is 2.21. The van der Waals surface area contributed by atoms with E-state index in [4.69, 9.17) is 4.74 Å². The first-order valence-electron chi connectivity index (χ1n) is 41.5. The molecule has 0 rings (SSSR count). The molecule has 0 aliphatic carbocycles. The van der Waals surface area contributed by atoms with Gasteiger partial charge < -0.3 is 20.3 Å². The molecule has 0 radical (unpaired) electrons. The van der Waals surface area contributed by atoms with Crippen molar-refractivity contribution < 1.29 is 24.5 Å². The van der Waals surface area contributed by atoms with E-state index in [-0.39, 0.29) is 18.5 Å². The summed E-state index contributed by atoms with van der Waals surface area (Å²) in [5.41, 5.74) is 0. The van der Waals surface area contributed by atoms with E-state index < -0.39 is 12.1 Å². The van der Waals surface area contributed by atoms with E-state index in [9.17, 15) is 19.8 Å². The lowest BCUT2D eigenvalue weighted by molar-refractivity contribution is -0.143. The van der Waals surface area contributed by atoms with E-state index >= 15 is 0 Å². The molecule has 2 unspecified atom stereocenters. The Kier molecular flexibility index (Phi) is 77.8. The summed E-state index contributed by atoms with van der Waals surface area (Å²) in [6, 6.07) is -0.622. The Hall–Kier alpha value is -1.40. The minimum absolute atomic E-state index is 0.0296. The number of nitrogens with one attached hydrogen (secondary N) is 1. The molecule has 0 spiro atoms. The van der Waals surface area contributed by atoms with Crippen LogP contribution in [0.3, 0.4) is 0 Å². The Balaban J connectivity index is 3.28. The first-order chi connectivity index (χ1) is 44.0. The zero-order valence-electron chi connectivity index (χ0n) is 61.0. The first kappa shape index (κ1) is 87.6. The summed E-state index contributed by atoms with van der Waals surface area (Å²) in [4.78, 5) is 24.6. The van der Waals surface area contributed by atoms with Crippen LogP contribution in [0.15, 0.2) is 12.2 Å². The molecule has 1 amide bonds. The van der Waals surface area contributed by atoms with Crippen LogP contribution in [0.4, 0.5) is 0 Å². The SMILES string of the molecule is CCCCCCCCCCCCCCC/C=C/C(O)C(CO)NC(=O)CCCCCCCCCCCCCCCCCCCCCCCCCCCCCCCCCCCCCCCCCOC(=O)CCCCCCCCCCCCCCCCCCCC. The zero-order chi connectivity index (χ0) is 64.2. The molecule has 0 bridgehead atoms. The van der Waals surface area contributed by atoms with Crippen molar-refractivity contribution in [3.05, 3.63) is 12.2 Å². The third kappa shape index (κ3) is 75.5. The van der Waals surface area contributed by atoms with Crippen LogP contribution in [-0.2, 0) is 14.3 Å². The fraction of sp³-hybridized carbons (Fsp3) is 0.952. The van der Waals surface area contributed by atoms with E-state index in [2.05, 4.69) is 19.2 Å². The van der Waals surface area contributed by atoms with E-state index in [0.29, 0.717) is 19.4 Å². The van der Waals surface area contributed by atoms with Crippen molar-refractivity contribution in [2.75, 3.05) is 13.2 Å². The number of aliphatic hydroxyl groups excluding tert-OH is 2. The fourth-order valence-electron chi connectivity index (χ4n) is 13.5. The van der Waals surface area contributed by atoms with Crippen LogP contribution >= 0.6 is 0 Å². The van der Waals surface area contributed by atoms with Gasteiger partial charge in [0.05, 0.1) is 25.4 Å². The number of hydrogen-bond donors (Lipinski definition) is 3. The van der Waals surface area contributed by atoms with Crippen molar-refractivity contribution in [3.63, 3.8) is 0 Å². The monoisotopic (exact) mass is 1250 g/mol. The lowest BCUT2D eigenvalue weighted by Gasteiger charge is -2.20. The molecule has 89 heavy (non-hydrogen) atoms. The van der Waals surface area contributed by atoms with Crippen LogP contribution in [0.25, 0.3) is 0 Å². The molecule has 6 heteroatoms. The lowest BCUT2D eigenvalue weighted by atomic mass is 10.0. The number of hydrogen-bond acceptors (Lipinski definition) is 5. The van der Waals surface area contributed by atoms with Crippen molar-refractivity contribution in [1.29, 1.82) is 0 Å². The van der Waals surface area contributed by atoms with E-state index in [1.54, 1.807) is 6.08 Å². The van der Waals surface area contributed by atoms with E-state index in [1.807, 2.05) is 6.08 Å². The van der Waals surface area contributed by atoms with Crippen LogP contribution < -0.4 is 5.32 Å². The van der Waals surface area contributed by atoms with Gasteiger partial charge in [-0.3, -0.25) is 9.59 Å². The molecule has 6 nitrogen and oxygen atoms in total. The Morgan fingerprint density at radius 2 is 0.517 bits per heavy atom. The number of unbranched alkanes of at least 4 members (excludes halogenated alkanes) is 68. The number of carbonyl (C=O) groups is 2. The molecule has 0 aliphatic rings. The molecular formula is C83H163NO5. The van der Waals surface area contributed by atoms with Gasteiger partial charge in [-0.2, -0.15) is 0 Å². The van der Waals surface area contributed by atoms with Crippen molar-refractivity contribution in [1.82, 2.24) is 5.32 Å². The third-order valence-electron chi connectivity index (χ3n) is 19.8. The number of aliphatic hydroxyl groups is 2. The number of ether oxygens (including phenoxy) is 1. The number of allylic oxidation sites excluding steroid dienone is 1. The topological polar surface area (TPSA) is 95.9 Å². The Labute approximate surface area is 559 Å². The van der Waals surface area contributed by atoms with Crippen molar-refractivity contribution in [3.8, 4) is 0 Å². The summed E-state index contributed by atoms with van der Waals surface area (Å²) >= 11 is 0. The summed E-state index contributed by atoms with van der Waals surface area (Å²) in [6.45, 7) is 4.96. The quantitative estimate of drug-likeness (QED) is 0.0320. The molecule has 0 aromatic rings. The van der Waals surface area contributed by atoms with Crippen molar-refractivity contribution in [2.45, 2.75) is 495 Å². The minimum Gasteiger partial charge on any atom is -0.466 e. The van der Waals surface area contributed by atoms with Crippen LogP contribution in [0, 0.1) is 0 Å². The second kappa shape index (κ2) is 79.0. The number of amides is 1. The molecule has 530 valence electrons. The molecule has 0 aromatic carbocycles. The smallest absolute Gasteiger partial charge is 0.305 e. The Morgan fingerprint density at radius 1 is 0.303 bits per heavy atom. The molecule has 0 saturated heterocycles. The summed E-state index contributed by atoms with van der Waals surface area (Å²) in [7, 11) is 0. The Bertz CT molecular complexity index is 1350. The first-order valence-corrected chi connectivity index (χ1v) is 41.5. The molecule has 0 saturated carbocycles. The highest BCUT2D eigenvalue weighted by atomic mass is 16.5. The van der Waals surface area contributed by atoms with Crippen LogP contribution in [0.2, 0.25) is 0 Å². The standard InChI is InChI=1S/C83H163NO5/c1-3-5-7-9-11-13-15-17-19-20-45-49-53-57-61-65-69-73-77-83(88)89-78-74-70-66-62-58-54-50-46-43-41-39-37-35-33-31-29-27-25-23-21-22-24-26-28-30-32-34-36-38-40-42-44-48-52-56-60-64-68-72-76-82(87)84-80(79-85)81(86)75-71-67-63-59-55-51-47-18-16-14-12-10-8-6-4-2/h71,75,80-81,85-86H,3-70,72-74,76-79H2,1-2H3,(H,84,87)/b75-71+. The predicted molar refractivity (Wildman–Crippen MR) is 394 cm³/mol. The van der Waals surface area contributed by atoms with Crippen LogP contribution in [-0.4, -0.2) is 47.4 Å². The van der Waals surface area contributed by atoms with Gasteiger partial charge in [0.2, 0.25) is 5.91 Å². The molecule has 0 aliphatic heterocycles. The zero-order valence-corrected chi connectivity index (χ0v) is 61.0. The van der Waals surface area contributed by atoms with Crippen LogP contribution in [0.1, 0.15) is 483 Å². The lowest BCUT2D eigenvalue weighted by Crippen LogP contribution is -2.45.